The van der Waals surface area contributed by atoms with Gasteiger partial charge in [-0.05, 0) is 48.4 Å². The highest BCUT2D eigenvalue weighted by Gasteiger charge is 2.21. The van der Waals surface area contributed by atoms with Gasteiger partial charge in [0.1, 0.15) is 0 Å². The molecule has 6 heteroatoms. The van der Waals surface area contributed by atoms with E-state index in [0.717, 1.165) is 11.6 Å². The van der Waals surface area contributed by atoms with Crippen LogP contribution in [0.4, 0.5) is 5.69 Å². The number of hydrogen-bond acceptors (Lipinski definition) is 3. The molecular formula is C17H17NO4S. The smallest absolute Gasteiger partial charge is 0.328 e. The number of carboxylic acid groups (broad SMARTS) is 1. The van der Waals surface area contributed by atoms with Crippen LogP contribution >= 0.6 is 0 Å². The summed E-state index contributed by atoms with van der Waals surface area (Å²) in [6.07, 6.45) is 2.42. The van der Waals surface area contributed by atoms with E-state index in [2.05, 4.69) is 0 Å². The fraction of sp³-hybridized carbons (Fsp3) is 0.118. The lowest BCUT2D eigenvalue weighted by atomic mass is 10.2. The molecule has 0 fully saturated rings. The van der Waals surface area contributed by atoms with Gasteiger partial charge in [-0.1, -0.05) is 24.3 Å². The molecule has 2 aromatic carbocycles. The summed E-state index contributed by atoms with van der Waals surface area (Å²) < 4.78 is 26.5. The molecule has 0 unspecified atom stereocenters. The Kier molecular flexibility index (Phi) is 4.86. The number of rotatable bonds is 5. The summed E-state index contributed by atoms with van der Waals surface area (Å²) in [6, 6.07) is 13.3. The van der Waals surface area contributed by atoms with Crippen LogP contribution in [0, 0.1) is 6.92 Å². The van der Waals surface area contributed by atoms with E-state index in [1.807, 2.05) is 13.0 Å². The third-order valence-electron chi connectivity index (χ3n) is 3.30. The first-order chi connectivity index (χ1) is 10.8. The summed E-state index contributed by atoms with van der Waals surface area (Å²) in [5, 5.41) is 8.66. The average molecular weight is 331 g/mol. The van der Waals surface area contributed by atoms with Gasteiger partial charge < -0.3 is 5.11 Å². The van der Waals surface area contributed by atoms with Crippen molar-refractivity contribution in [2.24, 2.45) is 0 Å². The number of hydrogen-bond donors (Lipinski definition) is 1. The van der Waals surface area contributed by atoms with E-state index in [1.54, 1.807) is 42.5 Å². The summed E-state index contributed by atoms with van der Waals surface area (Å²) in [7, 11) is -2.20. The molecule has 0 radical (unpaired) electrons. The number of carbonyl (C=O) groups is 1. The molecule has 0 aromatic heterocycles. The number of aliphatic carboxylic acids is 1. The lowest BCUT2D eigenvalue weighted by Crippen LogP contribution is -2.26. The van der Waals surface area contributed by atoms with Crippen molar-refractivity contribution < 1.29 is 18.3 Å². The fourth-order valence-electron chi connectivity index (χ4n) is 2.06. The zero-order chi connectivity index (χ0) is 17.0. The van der Waals surface area contributed by atoms with Crippen molar-refractivity contribution in [3.05, 3.63) is 65.7 Å². The molecule has 2 aromatic rings. The highest BCUT2D eigenvalue weighted by atomic mass is 32.2. The van der Waals surface area contributed by atoms with E-state index in [4.69, 9.17) is 5.11 Å². The maximum atomic E-state index is 12.7. The second-order valence-electron chi connectivity index (χ2n) is 5.06. The van der Waals surface area contributed by atoms with Gasteiger partial charge in [-0.2, -0.15) is 0 Å². The van der Waals surface area contributed by atoms with Crippen LogP contribution in [0.1, 0.15) is 11.1 Å². The largest absolute Gasteiger partial charge is 0.478 e. The SMILES string of the molecule is Cc1cccc(S(=O)(=O)N(C)c2cccc(/C=C/C(=O)O)c2)c1. The Morgan fingerprint density at radius 2 is 1.83 bits per heavy atom. The molecule has 0 spiro atoms. The molecule has 0 saturated heterocycles. The summed E-state index contributed by atoms with van der Waals surface area (Å²) in [6.45, 7) is 1.83. The van der Waals surface area contributed by atoms with E-state index < -0.39 is 16.0 Å². The van der Waals surface area contributed by atoms with E-state index in [1.165, 1.54) is 17.4 Å². The summed E-state index contributed by atoms with van der Waals surface area (Å²) in [5.41, 5.74) is 1.92. The van der Waals surface area contributed by atoms with Crippen molar-refractivity contribution in [3.8, 4) is 0 Å². The molecule has 0 bridgehead atoms. The molecule has 0 atom stereocenters. The summed E-state index contributed by atoms with van der Waals surface area (Å²) >= 11 is 0. The maximum absolute atomic E-state index is 12.7. The van der Waals surface area contributed by atoms with E-state index in [9.17, 15) is 13.2 Å². The van der Waals surface area contributed by atoms with Crippen LogP contribution in [-0.2, 0) is 14.8 Å². The van der Waals surface area contributed by atoms with Crippen LogP contribution in [0.3, 0.4) is 0 Å². The van der Waals surface area contributed by atoms with Gasteiger partial charge >= 0.3 is 5.97 Å². The number of sulfonamides is 1. The Labute approximate surface area is 135 Å². The lowest BCUT2D eigenvalue weighted by molar-refractivity contribution is -0.131. The van der Waals surface area contributed by atoms with Crippen LogP contribution in [0.15, 0.2) is 59.5 Å². The Hall–Kier alpha value is -2.60. The quantitative estimate of drug-likeness (QED) is 0.855. The molecule has 0 amide bonds. The van der Waals surface area contributed by atoms with Gasteiger partial charge in [0.25, 0.3) is 10.0 Å². The standard InChI is InChI=1S/C17H17NO4S/c1-13-5-3-8-16(11-13)23(21,22)18(2)15-7-4-6-14(12-15)9-10-17(19)20/h3-12H,1-2H3,(H,19,20)/b10-9+. The zero-order valence-corrected chi connectivity index (χ0v) is 13.6. The van der Waals surface area contributed by atoms with Gasteiger partial charge in [-0.15, -0.1) is 0 Å². The van der Waals surface area contributed by atoms with Gasteiger partial charge in [0.15, 0.2) is 0 Å². The number of aryl methyl sites for hydroxylation is 1. The van der Waals surface area contributed by atoms with Gasteiger partial charge in [0, 0.05) is 13.1 Å². The molecule has 0 saturated carbocycles. The first-order valence-electron chi connectivity index (χ1n) is 6.87. The minimum absolute atomic E-state index is 0.214. The highest BCUT2D eigenvalue weighted by molar-refractivity contribution is 7.92. The number of benzene rings is 2. The first-order valence-corrected chi connectivity index (χ1v) is 8.31. The second-order valence-corrected chi connectivity index (χ2v) is 7.02. The first kappa shape index (κ1) is 16.8. The van der Waals surface area contributed by atoms with Crippen molar-refractivity contribution in [3.63, 3.8) is 0 Å². The Bertz CT molecular complexity index is 856. The normalized spacial score (nSPS) is 11.6. The minimum atomic E-state index is -3.67. The molecular weight excluding hydrogens is 314 g/mol. The third-order valence-corrected chi connectivity index (χ3v) is 5.08. The van der Waals surface area contributed by atoms with Crippen LogP contribution in [-0.4, -0.2) is 26.5 Å². The minimum Gasteiger partial charge on any atom is -0.478 e. The van der Waals surface area contributed by atoms with Crippen molar-refractivity contribution in [1.82, 2.24) is 0 Å². The maximum Gasteiger partial charge on any atom is 0.328 e. The number of anilines is 1. The molecule has 0 aliphatic rings. The van der Waals surface area contributed by atoms with Crippen molar-refractivity contribution in [2.45, 2.75) is 11.8 Å². The molecule has 0 aliphatic heterocycles. The average Bonchev–Trinajstić information content (AvgIpc) is 2.52. The zero-order valence-electron chi connectivity index (χ0n) is 12.8. The fourth-order valence-corrected chi connectivity index (χ4v) is 3.36. The summed E-state index contributed by atoms with van der Waals surface area (Å²) in [4.78, 5) is 10.8. The molecule has 23 heavy (non-hydrogen) atoms. The molecule has 0 aliphatic carbocycles. The van der Waals surface area contributed by atoms with Crippen molar-refractivity contribution >= 4 is 27.8 Å². The Balaban J connectivity index is 2.38. The molecule has 2 rings (SSSR count). The molecule has 0 heterocycles. The number of carboxylic acids is 1. The van der Waals surface area contributed by atoms with Crippen LogP contribution in [0.5, 0.6) is 0 Å². The topological polar surface area (TPSA) is 74.7 Å². The van der Waals surface area contributed by atoms with Gasteiger partial charge in [0.2, 0.25) is 0 Å². The second kappa shape index (κ2) is 6.66. The van der Waals surface area contributed by atoms with Crippen LogP contribution < -0.4 is 4.31 Å². The van der Waals surface area contributed by atoms with Crippen LogP contribution in [0.25, 0.3) is 6.08 Å². The predicted molar refractivity (Wildman–Crippen MR) is 89.9 cm³/mol. The predicted octanol–water partition coefficient (Wildman–Crippen LogP) is 2.92. The molecule has 120 valence electrons. The van der Waals surface area contributed by atoms with E-state index in [0.29, 0.717) is 11.3 Å². The third kappa shape index (κ3) is 3.98. The van der Waals surface area contributed by atoms with Crippen molar-refractivity contribution in [2.75, 3.05) is 11.4 Å². The monoisotopic (exact) mass is 331 g/mol. The van der Waals surface area contributed by atoms with Gasteiger partial charge in [-0.25, -0.2) is 13.2 Å². The Morgan fingerprint density at radius 1 is 1.13 bits per heavy atom. The molecule has 5 nitrogen and oxygen atoms in total. The lowest BCUT2D eigenvalue weighted by Gasteiger charge is -2.20. The summed E-state index contributed by atoms with van der Waals surface area (Å²) in [5.74, 6) is -1.06. The van der Waals surface area contributed by atoms with Gasteiger partial charge in [0.05, 0.1) is 10.6 Å². The van der Waals surface area contributed by atoms with E-state index in [-0.39, 0.29) is 4.90 Å². The highest BCUT2D eigenvalue weighted by Crippen LogP contribution is 2.23. The Morgan fingerprint density at radius 3 is 2.48 bits per heavy atom. The number of nitrogens with zero attached hydrogens (tertiary/aromatic N) is 1. The van der Waals surface area contributed by atoms with Crippen LogP contribution in [0.2, 0.25) is 0 Å². The van der Waals surface area contributed by atoms with Crippen molar-refractivity contribution in [1.29, 1.82) is 0 Å². The van der Waals surface area contributed by atoms with Gasteiger partial charge in [-0.3, -0.25) is 4.31 Å². The van der Waals surface area contributed by atoms with E-state index >= 15 is 0 Å². The molecule has 1 N–H and O–H groups in total.